The van der Waals surface area contributed by atoms with Gasteiger partial charge in [-0.2, -0.15) is 0 Å². The lowest BCUT2D eigenvalue weighted by Gasteiger charge is -2.14. The number of aliphatic hydroxyl groups is 1. The predicted octanol–water partition coefficient (Wildman–Crippen LogP) is 2.42. The van der Waals surface area contributed by atoms with E-state index in [1.807, 2.05) is 0 Å². The molecule has 1 heterocycles. The first-order valence-electron chi connectivity index (χ1n) is 7.54. The van der Waals surface area contributed by atoms with Crippen molar-refractivity contribution in [3.05, 3.63) is 29.6 Å². The van der Waals surface area contributed by atoms with Gasteiger partial charge in [-0.15, -0.1) is 0 Å². The fraction of sp³-hybridized carbons (Fsp3) is 0.529. The molecule has 4 heteroatoms. The molecule has 1 aromatic rings. The van der Waals surface area contributed by atoms with Crippen LogP contribution in [0.1, 0.15) is 31.2 Å². The Bertz CT molecular complexity index is 501. The summed E-state index contributed by atoms with van der Waals surface area (Å²) in [6.45, 7) is 4.02. The monoisotopic (exact) mass is 291 g/mol. The highest BCUT2D eigenvalue weighted by molar-refractivity contribution is 5.39. The first-order chi connectivity index (χ1) is 10.3. The molecule has 0 amide bonds. The van der Waals surface area contributed by atoms with Crippen molar-refractivity contribution in [1.29, 1.82) is 0 Å². The molecule has 0 unspecified atom stereocenters. The van der Waals surface area contributed by atoms with Crippen LogP contribution in [0.5, 0.6) is 5.75 Å². The molecule has 21 heavy (non-hydrogen) atoms. The molecule has 114 valence electrons. The minimum Gasteiger partial charge on any atom is -0.493 e. The van der Waals surface area contributed by atoms with Gasteiger partial charge in [-0.3, -0.25) is 0 Å². The van der Waals surface area contributed by atoms with Gasteiger partial charge in [-0.05, 0) is 44.5 Å². The van der Waals surface area contributed by atoms with E-state index in [-0.39, 0.29) is 12.4 Å². The fourth-order valence-corrected chi connectivity index (χ4v) is 2.39. The summed E-state index contributed by atoms with van der Waals surface area (Å²) in [5.41, 5.74) is 0.341. The molecule has 1 N–H and O–H groups in total. The Kier molecular flexibility index (Phi) is 6.52. The van der Waals surface area contributed by atoms with Crippen LogP contribution < -0.4 is 4.74 Å². The standard InChI is InChI=1S/C17H22FNO2/c18-17-14-16(8-7-15(17)6-1-4-12-20)21-13-5-11-19-9-2-3-10-19/h7-8,14,20H,2-5,9-13H2. The second-order valence-electron chi connectivity index (χ2n) is 5.17. The maximum absolute atomic E-state index is 13.8. The molecule has 0 aromatic heterocycles. The molecule has 3 nitrogen and oxygen atoms in total. The third-order valence-electron chi connectivity index (χ3n) is 3.49. The van der Waals surface area contributed by atoms with Crippen LogP contribution in [0.25, 0.3) is 0 Å². The van der Waals surface area contributed by atoms with Gasteiger partial charge < -0.3 is 14.7 Å². The van der Waals surface area contributed by atoms with Gasteiger partial charge in [0.1, 0.15) is 11.6 Å². The van der Waals surface area contributed by atoms with Crippen molar-refractivity contribution >= 4 is 0 Å². The van der Waals surface area contributed by atoms with Crippen LogP contribution in [-0.4, -0.2) is 42.9 Å². The summed E-state index contributed by atoms with van der Waals surface area (Å²) < 4.78 is 19.4. The highest BCUT2D eigenvalue weighted by Crippen LogP contribution is 2.16. The van der Waals surface area contributed by atoms with Crippen molar-refractivity contribution in [2.24, 2.45) is 0 Å². The third-order valence-corrected chi connectivity index (χ3v) is 3.49. The van der Waals surface area contributed by atoms with Crippen molar-refractivity contribution in [1.82, 2.24) is 4.90 Å². The predicted molar refractivity (Wildman–Crippen MR) is 80.8 cm³/mol. The van der Waals surface area contributed by atoms with Crippen molar-refractivity contribution in [3.8, 4) is 17.6 Å². The number of nitrogens with zero attached hydrogens (tertiary/aromatic N) is 1. The number of rotatable bonds is 6. The third kappa shape index (κ3) is 5.37. The van der Waals surface area contributed by atoms with Gasteiger partial charge in [0, 0.05) is 19.0 Å². The van der Waals surface area contributed by atoms with Gasteiger partial charge in [-0.25, -0.2) is 4.39 Å². The molecule has 1 saturated heterocycles. The molecule has 0 aliphatic carbocycles. The summed E-state index contributed by atoms with van der Waals surface area (Å²) in [7, 11) is 0. The molecule has 0 bridgehead atoms. The molecule has 0 radical (unpaired) electrons. The quantitative estimate of drug-likeness (QED) is 0.645. The summed E-state index contributed by atoms with van der Waals surface area (Å²) in [5.74, 6) is 5.57. The summed E-state index contributed by atoms with van der Waals surface area (Å²) in [4.78, 5) is 2.43. The van der Waals surface area contributed by atoms with Crippen LogP contribution in [0.2, 0.25) is 0 Å². The van der Waals surface area contributed by atoms with Gasteiger partial charge in [0.05, 0.1) is 18.8 Å². The summed E-state index contributed by atoms with van der Waals surface area (Å²) in [6.07, 6.45) is 3.91. The maximum atomic E-state index is 13.8. The van der Waals surface area contributed by atoms with E-state index in [1.165, 1.54) is 32.0 Å². The van der Waals surface area contributed by atoms with Gasteiger partial charge >= 0.3 is 0 Å². The molecule has 0 spiro atoms. The van der Waals surface area contributed by atoms with Gasteiger partial charge in [-0.1, -0.05) is 11.8 Å². The van der Waals surface area contributed by atoms with Crippen LogP contribution in [-0.2, 0) is 0 Å². The average molecular weight is 291 g/mol. The summed E-state index contributed by atoms with van der Waals surface area (Å²) in [5, 5.41) is 8.64. The van der Waals surface area contributed by atoms with Crippen molar-refractivity contribution in [2.45, 2.75) is 25.7 Å². The average Bonchev–Trinajstić information content (AvgIpc) is 2.99. The van der Waals surface area contributed by atoms with E-state index in [4.69, 9.17) is 9.84 Å². The zero-order valence-electron chi connectivity index (χ0n) is 12.3. The summed E-state index contributed by atoms with van der Waals surface area (Å²) >= 11 is 0. The topological polar surface area (TPSA) is 32.7 Å². The molecule has 0 saturated carbocycles. The molecule has 2 rings (SSSR count). The Morgan fingerprint density at radius 2 is 2.10 bits per heavy atom. The molecular weight excluding hydrogens is 269 g/mol. The first-order valence-corrected chi connectivity index (χ1v) is 7.54. The zero-order valence-corrected chi connectivity index (χ0v) is 12.3. The number of hydrogen-bond acceptors (Lipinski definition) is 3. The molecular formula is C17H22FNO2. The maximum Gasteiger partial charge on any atom is 0.142 e. The van der Waals surface area contributed by atoms with Crippen LogP contribution >= 0.6 is 0 Å². The molecule has 1 fully saturated rings. The number of likely N-dealkylation sites (tertiary alicyclic amines) is 1. The van der Waals surface area contributed by atoms with E-state index in [0.29, 0.717) is 24.3 Å². The fourth-order valence-electron chi connectivity index (χ4n) is 2.39. The van der Waals surface area contributed by atoms with Crippen LogP contribution in [0.15, 0.2) is 18.2 Å². The number of ether oxygens (including phenoxy) is 1. The highest BCUT2D eigenvalue weighted by atomic mass is 19.1. The normalized spacial score (nSPS) is 14.8. The smallest absolute Gasteiger partial charge is 0.142 e. The number of hydrogen-bond donors (Lipinski definition) is 1. The van der Waals surface area contributed by atoms with Crippen LogP contribution in [0.4, 0.5) is 4.39 Å². The van der Waals surface area contributed by atoms with E-state index in [1.54, 1.807) is 12.1 Å². The van der Waals surface area contributed by atoms with E-state index >= 15 is 0 Å². The van der Waals surface area contributed by atoms with E-state index in [2.05, 4.69) is 16.7 Å². The Labute approximate surface area is 125 Å². The summed E-state index contributed by atoms with van der Waals surface area (Å²) in [6, 6.07) is 4.73. The van der Waals surface area contributed by atoms with Crippen molar-refractivity contribution in [2.75, 3.05) is 32.8 Å². The molecule has 1 aromatic carbocycles. The second kappa shape index (κ2) is 8.66. The van der Waals surface area contributed by atoms with Gasteiger partial charge in [0.25, 0.3) is 0 Å². The largest absolute Gasteiger partial charge is 0.493 e. The molecule has 0 atom stereocenters. The van der Waals surface area contributed by atoms with Crippen LogP contribution in [0.3, 0.4) is 0 Å². The molecule has 1 aliphatic heterocycles. The Morgan fingerprint density at radius 3 is 2.81 bits per heavy atom. The highest BCUT2D eigenvalue weighted by Gasteiger charge is 2.10. The minimum atomic E-state index is -0.377. The van der Waals surface area contributed by atoms with E-state index in [0.717, 1.165) is 13.0 Å². The number of halogens is 1. The first kappa shape index (κ1) is 15.8. The van der Waals surface area contributed by atoms with E-state index < -0.39 is 0 Å². The van der Waals surface area contributed by atoms with Gasteiger partial charge in [0.15, 0.2) is 0 Å². The SMILES string of the molecule is OCCC#Cc1ccc(OCCCN2CCCC2)cc1F. The van der Waals surface area contributed by atoms with Crippen molar-refractivity contribution < 1.29 is 14.2 Å². The number of aliphatic hydroxyl groups excluding tert-OH is 1. The lowest BCUT2D eigenvalue weighted by Crippen LogP contribution is -2.21. The minimum absolute atomic E-state index is 0.00711. The Morgan fingerprint density at radius 1 is 1.29 bits per heavy atom. The lowest BCUT2D eigenvalue weighted by atomic mass is 10.2. The number of benzene rings is 1. The second-order valence-corrected chi connectivity index (χ2v) is 5.17. The van der Waals surface area contributed by atoms with E-state index in [9.17, 15) is 4.39 Å². The lowest BCUT2D eigenvalue weighted by molar-refractivity contribution is 0.262. The Balaban J connectivity index is 1.76. The Hall–Kier alpha value is -1.57. The van der Waals surface area contributed by atoms with Gasteiger partial charge in [0.2, 0.25) is 0 Å². The molecule has 1 aliphatic rings. The zero-order chi connectivity index (χ0) is 14.9. The van der Waals surface area contributed by atoms with Crippen molar-refractivity contribution in [3.63, 3.8) is 0 Å². The van der Waals surface area contributed by atoms with Crippen LogP contribution in [0, 0.1) is 17.7 Å².